The van der Waals surface area contributed by atoms with Gasteiger partial charge >= 0.3 is 5.97 Å². The van der Waals surface area contributed by atoms with Gasteiger partial charge in [0.15, 0.2) is 0 Å². The lowest BCUT2D eigenvalue weighted by atomic mass is 10.0. The van der Waals surface area contributed by atoms with E-state index < -0.39 is 12.0 Å². The van der Waals surface area contributed by atoms with E-state index in [4.69, 9.17) is 9.72 Å². The maximum absolute atomic E-state index is 11.7. The summed E-state index contributed by atoms with van der Waals surface area (Å²) in [5.41, 5.74) is 5.39. The third-order valence-corrected chi connectivity index (χ3v) is 6.69. The first-order chi connectivity index (χ1) is 18.1. The molecule has 186 valence electrons. The minimum absolute atomic E-state index is 0.108. The normalized spacial score (nSPS) is 13.7. The molecule has 1 aliphatic heterocycles. The number of aliphatic carboxylic acids is 1. The maximum atomic E-state index is 11.7. The highest BCUT2D eigenvalue weighted by molar-refractivity contribution is 5.81. The van der Waals surface area contributed by atoms with Crippen LogP contribution >= 0.6 is 0 Å². The Morgan fingerprint density at radius 3 is 2.86 bits per heavy atom. The van der Waals surface area contributed by atoms with E-state index in [1.54, 1.807) is 23.3 Å². The molecule has 0 spiro atoms. The molecule has 0 radical (unpaired) electrons. The Morgan fingerprint density at radius 1 is 1.08 bits per heavy atom. The van der Waals surface area contributed by atoms with E-state index in [1.165, 1.54) is 5.56 Å². The first kappa shape index (κ1) is 22.9. The van der Waals surface area contributed by atoms with Crippen molar-refractivity contribution in [1.82, 2.24) is 24.7 Å². The van der Waals surface area contributed by atoms with Crippen LogP contribution in [0.4, 0.5) is 5.82 Å². The lowest BCUT2D eigenvalue weighted by Gasteiger charge is -2.18. The maximum Gasteiger partial charge on any atom is 0.305 e. The molecule has 9 heteroatoms. The largest absolute Gasteiger partial charge is 0.493 e. The number of fused-ring (bicyclic) bond motifs is 3. The SMILES string of the molecule is O=C(O)CC(c1ccc2nccnc2c1)n1ncc2cc(OCCc3ccc4c(n3)NCCC4)ccc21. The van der Waals surface area contributed by atoms with Gasteiger partial charge in [-0.2, -0.15) is 5.10 Å². The van der Waals surface area contributed by atoms with Crippen LogP contribution < -0.4 is 10.1 Å². The summed E-state index contributed by atoms with van der Waals surface area (Å²) < 4.78 is 7.78. The summed E-state index contributed by atoms with van der Waals surface area (Å²) >= 11 is 0. The fourth-order valence-electron chi connectivity index (χ4n) is 4.85. The monoisotopic (exact) mass is 494 g/mol. The highest BCUT2D eigenvalue weighted by atomic mass is 16.5. The van der Waals surface area contributed by atoms with E-state index in [9.17, 15) is 9.90 Å². The molecule has 0 bridgehead atoms. The quantitative estimate of drug-likeness (QED) is 0.326. The van der Waals surface area contributed by atoms with Crippen molar-refractivity contribution in [2.45, 2.75) is 31.7 Å². The molecule has 6 rings (SSSR count). The van der Waals surface area contributed by atoms with Crippen LogP contribution in [0.15, 0.2) is 67.1 Å². The van der Waals surface area contributed by atoms with Crippen LogP contribution in [0, 0.1) is 0 Å². The van der Waals surface area contributed by atoms with Gasteiger partial charge in [0.2, 0.25) is 0 Å². The Morgan fingerprint density at radius 2 is 1.97 bits per heavy atom. The summed E-state index contributed by atoms with van der Waals surface area (Å²) in [5.74, 6) is 0.824. The van der Waals surface area contributed by atoms with Gasteiger partial charge in [0.05, 0.1) is 41.8 Å². The van der Waals surface area contributed by atoms with Crippen LogP contribution in [0.1, 0.15) is 35.7 Å². The second-order valence-corrected chi connectivity index (χ2v) is 9.17. The number of carboxylic acids is 1. The van der Waals surface area contributed by atoms with Crippen LogP contribution in [0.25, 0.3) is 21.9 Å². The van der Waals surface area contributed by atoms with E-state index in [0.717, 1.165) is 58.6 Å². The summed E-state index contributed by atoms with van der Waals surface area (Å²) in [6, 6.07) is 15.1. The predicted octanol–water partition coefficient (Wildman–Crippen LogP) is 4.42. The molecule has 5 aromatic rings. The molecule has 0 amide bonds. The van der Waals surface area contributed by atoms with Crippen LogP contribution in [-0.2, 0) is 17.6 Å². The first-order valence-electron chi connectivity index (χ1n) is 12.4. The zero-order valence-electron chi connectivity index (χ0n) is 20.2. The van der Waals surface area contributed by atoms with Crippen molar-refractivity contribution < 1.29 is 14.6 Å². The van der Waals surface area contributed by atoms with E-state index >= 15 is 0 Å². The molecule has 4 heterocycles. The fraction of sp³-hybridized carbons (Fsp3) is 0.250. The number of pyridine rings is 1. The molecule has 0 saturated heterocycles. The number of rotatable bonds is 8. The Kier molecular flexibility index (Phi) is 6.10. The topological polar surface area (TPSA) is 115 Å². The van der Waals surface area contributed by atoms with Crippen LogP contribution in [0.3, 0.4) is 0 Å². The Balaban J connectivity index is 1.21. The highest BCUT2D eigenvalue weighted by Crippen LogP contribution is 2.30. The molecule has 2 aromatic carbocycles. The number of nitrogens with zero attached hydrogens (tertiary/aromatic N) is 5. The summed E-state index contributed by atoms with van der Waals surface area (Å²) in [6.45, 7) is 1.47. The number of carboxylic acid groups (broad SMARTS) is 1. The molecule has 37 heavy (non-hydrogen) atoms. The Bertz CT molecular complexity index is 1600. The van der Waals surface area contributed by atoms with Gasteiger partial charge in [0.25, 0.3) is 0 Å². The second kappa shape index (κ2) is 9.85. The summed E-state index contributed by atoms with van der Waals surface area (Å²) in [4.78, 5) is 25.1. The third kappa shape index (κ3) is 4.80. The minimum atomic E-state index is -0.904. The number of carbonyl (C=O) groups is 1. The zero-order valence-corrected chi connectivity index (χ0v) is 20.2. The van der Waals surface area contributed by atoms with Crippen LogP contribution in [-0.4, -0.2) is 49.0 Å². The number of ether oxygens (including phenoxy) is 1. The zero-order chi connectivity index (χ0) is 25.2. The van der Waals surface area contributed by atoms with Crippen molar-refractivity contribution in [2.24, 2.45) is 0 Å². The van der Waals surface area contributed by atoms with Crippen molar-refractivity contribution in [3.05, 3.63) is 83.9 Å². The lowest BCUT2D eigenvalue weighted by molar-refractivity contribution is -0.137. The molecule has 0 aliphatic carbocycles. The summed E-state index contributed by atoms with van der Waals surface area (Å²) in [6.07, 6.45) is 7.82. The molecular formula is C28H26N6O3. The van der Waals surface area contributed by atoms with Crippen LogP contribution in [0.5, 0.6) is 5.75 Å². The van der Waals surface area contributed by atoms with E-state index in [2.05, 4.69) is 32.5 Å². The minimum Gasteiger partial charge on any atom is -0.493 e. The Labute approximate surface area is 213 Å². The molecule has 2 N–H and O–H groups in total. The van der Waals surface area contributed by atoms with E-state index in [0.29, 0.717) is 18.5 Å². The van der Waals surface area contributed by atoms with Gasteiger partial charge in [-0.3, -0.25) is 19.4 Å². The first-order valence-corrected chi connectivity index (χ1v) is 12.4. The van der Waals surface area contributed by atoms with Crippen molar-refractivity contribution in [3.8, 4) is 5.75 Å². The molecule has 1 atom stereocenters. The molecule has 9 nitrogen and oxygen atoms in total. The summed E-state index contributed by atoms with van der Waals surface area (Å²) in [7, 11) is 0. The molecule has 1 unspecified atom stereocenters. The van der Waals surface area contributed by atoms with Crippen LogP contribution in [0.2, 0.25) is 0 Å². The van der Waals surface area contributed by atoms with Crippen molar-refractivity contribution in [3.63, 3.8) is 0 Å². The van der Waals surface area contributed by atoms with Crippen molar-refractivity contribution in [1.29, 1.82) is 0 Å². The second-order valence-electron chi connectivity index (χ2n) is 9.17. The lowest BCUT2D eigenvalue weighted by Crippen LogP contribution is -2.16. The fourth-order valence-corrected chi connectivity index (χ4v) is 4.85. The number of aromatic nitrogens is 5. The number of aryl methyl sites for hydroxylation is 1. The molecule has 3 aromatic heterocycles. The standard InChI is InChI=1S/C28H26N6O3/c35-27(36)16-26(19-4-7-23-24(15-19)30-12-11-29-23)34-25-8-6-22(14-20(25)17-32-34)37-13-9-21-5-3-18-2-1-10-31-28(18)33-21/h3-8,11-12,14-15,17,26H,1-2,9-10,13,16H2,(H,31,33)(H,35,36). The summed E-state index contributed by atoms with van der Waals surface area (Å²) in [5, 5.41) is 18.4. The molecule has 0 saturated carbocycles. The number of nitrogens with one attached hydrogen (secondary N) is 1. The van der Waals surface area contributed by atoms with Gasteiger partial charge in [-0.1, -0.05) is 12.1 Å². The number of anilines is 1. The average molecular weight is 495 g/mol. The van der Waals surface area contributed by atoms with Crippen molar-refractivity contribution >= 4 is 33.7 Å². The third-order valence-electron chi connectivity index (χ3n) is 6.69. The number of benzene rings is 2. The number of hydrogen-bond acceptors (Lipinski definition) is 7. The van der Waals surface area contributed by atoms with Gasteiger partial charge in [-0.25, -0.2) is 4.98 Å². The molecule has 0 fully saturated rings. The van der Waals surface area contributed by atoms with E-state index in [-0.39, 0.29) is 6.42 Å². The molecule has 1 aliphatic rings. The highest BCUT2D eigenvalue weighted by Gasteiger charge is 2.21. The smallest absolute Gasteiger partial charge is 0.305 e. The molecular weight excluding hydrogens is 468 g/mol. The average Bonchev–Trinajstić information content (AvgIpc) is 3.34. The van der Waals surface area contributed by atoms with Crippen molar-refractivity contribution in [2.75, 3.05) is 18.5 Å². The van der Waals surface area contributed by atoms with Gasteiger partial charge < -0.3 is 15.2 Å². The van der Waals surface area contributed by atoms with Gasteiger partial charge in [-0.15, -0.1) is 0 Å². The number of hydrogen-bond donors (Lipinski definition) is 2. The Hall–Kier alpha value is -4.53. The van der Waals surface area contributed by atoms with Gasteiger partial charge in [0.1, 0.15) is 11.6 Å². The predicted molar refractivity (Wildman–Crippen MR) is 140 cm³/mol. The van der Waals surface area contributed by atoms with Gasteiger partial charge in [-0.05, 0) is 60.4 Å². The van der Waals surface area contributed by atoms with Gasteiger partial charge in [0, 0.05) is 36.4 Å². The van der Waals surface area contributed by atoms with E-state index in [1.807, 2.05) is 36.4 Å².